The Labute approximate surface area is 251 Å². The zero-order chi connectivity index (χ0) is 30.9. The fraction of sp³-hybridized carbons (Fsp3) is 0.258. The number of hydrogen-bond acceptors (Lipinski definition) is 10. The summed E-state index contributed by atoms with van der Waals surface area (Å²) in [5.74, 6) is 0.0724. The third kappa shape index (κ3) is 5.56. The van der Waals surface area contributed by atoms with E-state index in [4.69, 9.17) is 37.0 Å². The highest BCUT2D eigenvalue weighted by atomic mass is 35.5. The number of ether oxygens (including phenoxy) is 4. The zero-order valence-electron chi connectivity index (χ0n) is 23.3. The average molecular weight is 604 g/mol. The van der Waals surface area contributed by atoms with Crippen molar-refractivity contribution in [3.63, 3.8) is 0 Å². The molecule has 0 spiro atoms. The summed E-state index contributed by atoms with van der Waals surface area (Å²) >= 11 is 6.30. The lowest BCUT2D eigenvalue weighted by molar-refractivity contribution is -0.0742. The molecular weight excluding hydrogens is 578 g/mol. The van der Waals surface area contributed by atoms with E-state index in [2.05, 4.69) is 15.9 Å². The first-order valence-corrected chi connectivity index (χ1v) is 13.4. The molecule has 0 unspecified atom stereocenters. The van der Waals surface area contributed by atoms with Crippen molar-refractivity contribution in [1.29, 1.82) is 0 Å². The van der Waals surface area contributed by atoms with Gasteiger partial charge in [-0.2, -0.15) is 0 Å². The first-order valence-electron chi connectivity index (χ1n) is 13.0. The molecule has 2 aromatic carbocycles. The number of carbonyl (C=O) groups excluding carboxylic acids is 3. The van der Waals surface area contributed by atoms with Gasteiger partial charge in [0, 0.05) is 6.20 Å². The number of fused-ring (bicyclic) bond motifs is 1. The number of nitrogens with zero attached hydrogens (tertiary/aromatic N) is 3. The van der Waals surface area contributed by atoms with E-state index in [1.807, 2.05) is 13.8 Å². The number of benzene rings is 2. The Morgan fingerprint density at radius 3 is 2.21 bits per heavy atom. The second kappa shape index (κ2) is 11.9. The van der Waals surface area contributed by atoms with Crippen LogP contribution in [0.4, 0.5) is 0 Å². The van der Waals surface area contributed by atoms with Crippen molar-refractivity contribution in [2.75, 3.05) is 13.7 Å². The van der Waals surface area contributed by atoms with E-state index in [-0.39, 0.29) is 32.9 Å². The minimum atomic E-state index is -2.34. The van der Waals surface area contributed by atoms with Gasteiger partial charge in [0.05, 0.1) is 29.2 Å². The van der Waals surface area contributed by atoms with Crippen LogP contribution in [0.25, 0.3) is 11.0 Å². The molecule has 1 fully saturated rings. The van der Waals surface area contributed by atoms with Crippen LogP contribution < -0.4 is 0 Å². The van der Waals surface area contributed by atoms with Crippen molar-refractivity contribution < 1.29 is 38.4 Å². The molecule has 4 atom stereocenters. The summed E-state index contributed by atoms with van der Waals surface area (Å²) in [6, 6.07) is 13.3. The largest absolute Gasteiger partial charge is 0.465 e. The molecule has 1 saturated heterocycles. The molecule has 3 heterocycles. The first-order chi connectivity index (χ1) is 20.6. The average Bonchev–Trinajstić information content (AvgIpc) is 3.52. The first kappa shape index (κ1) is 29.7. The molecule has 1 aliphatic rings. The smallest absolute Gasteiger partial charge is 0.340 e. The number of hydrogen-bond donors (Lipinski definition) is 1. The highest BCUT2D eigenvalue weighted by Crippen LogP contribution is 2.43. The summed E-state index contributed by atoms with van der Waals surface area (Å²) in [7, 11) is 1.19. The summed E-state index contributed by atoms with van der Waals surface area (Å²) < 4.78 is 23.6. The van der Waals surface area contributed by atoms with Crippen LogP contribution in [-0.4, -0.2) is 69.1 Å². The van der Waals surface area contributed by atoms with Crippen molar-refractivity contribution in [3.05, 3.63) is 94.0 Å². The van der Waals surface area contributed by atoms with Gasteiger partial charge in [-0.3, -0.25) is 0 Å². The number of aryl methyl sites for hydroxylation is 2. The number of rotatable bonds is 7. The second-order valence-corrected chi connectivity index (χ2v) is 10.3. The quantitative estimate of drug-likeness (QED) is 0.143. The Balaban J connectivity index is 1.54. The van der Waals surface area contributed by atoms with Gasteiger partial charge in [-0.15, -0.1) is 6.42 Å². The minimum absolute atomic E-state index is 0.0199. The van der Waals surface area contributed by atoms with Crippen LogP contribution >= 0.6 is 11.6 Å². The SMILES string of the molecule is C#C[C@]1(O)[C@H](OC(=O)c2ccc(C)cc2)[C@@H](COC(=O)c2ccc(C)cc2)O[C@H]1n1cc(C(=O)OC)c2c(Cl)ncnc21. The molecule has 1 aliphatic heterocycles. The molecule has 0 amide bonds. The molecular formula is C31H26ClN3O8. The van der Waals surface area contributed by atoms with Gasteiger partial charge in [0.15, 0.2) is 12.3 Å². The predicted molar refractivity (Wildman–Crippen MR) is 153 cm³/mol. The van der Waals surface area contributed by atoms with E-state index in [0.29, 0.717) is 0 Å². The van der Waals surface area contributed by atoms with Crippen LogP contribution in [0, 0.1) is 26.2 Å². The van der Waals surface area contributed by atoms with Crippen molar-refractivity contribution in [2.45, 2.75) is 37.9 Å². The maximum atomic E-state index is 13.2. The number of aromatic nitrogens is 3. The number of terminal acetylenes is 1. The van der Waals surface area contributed by atoms with Crippen molar-refractivity contribution in [1.82, 2.24) is 14.5 Å². The number of methoxy groups -OCH3 is 1. The Kier molecular flexibility index (Phi) is 8.19. The number of halogens is 1. The standard InChI is InChI=1S/C31H26ClN3O8/c1-5-31(39)24(43-28(37)20-12-8-18(3)9-13-20)22(15-41-27(36)19-10-6-17(2)7-11-19)42-30(31)35-14-21(29(38)40-4)23-25(32)33-16-34-26(23)35/h1,6-14,16,22,24,30,39H,15H2,2-4H3/t22-,24-,30-,31+/m1/s1. The second-order valence-electron chi connectivity index (χ2n) is 9.96. The fourth-order valence-corrected chi connectivity index (χ4v) is 5.01. The molecule has 1 N–H and O–H groups in total. The molecule has 43 heavy (non-hydrogen) atoms. The maximum Gasteiger partial charge on any atom is 0.340 e. The summed E-state index contributed by atoms with van der Waals surface area (Å²) in [6.07, 6.45) is 4.06. The van der Waals surface area contributed by atoms with Gasteiger partial charge >= 0.3 is 17.9 Å². The van der Waals surface area contributed by atoms with Gasteiger partial charge < -0.3 is 28.6 Å². The van der Waals surface area contributed by atoms with E-state index in [1.165, 1.54) is 17.9 Å². The molecule has 220 valence electrons. The predicted octanol–water partition coefficient (Wildman–Crippen LogP) is 3.83. The Hall–Kier alpha value is -4.76. The fourth-order valence-electron chi connectivity index (χ4n) is 4.78. The molecule has 12 heteroatoms. The number of aliphatic hydroxyl groups is 1. The third-order valence-electron chi connectivity index (χ3n) is 7.09. The van der Waals surface area contributed by atoms with E-state index in [9.17, 15) is 19.5 Å². The molecule has 0 aliphatic carbocycles. The summed E-state index contributed by atoms with van der Waals surface area (Å²) in [6.45, 7) is 3.29. The molecule has 0 bridgehead atoms. The van der Waals surface area contributed by atoms with Gasteiger partial charge in [-0.1, -0.05) is 52.9 Å². The Bertz CT molecular complexity index is 1750. The van der Waals surface area contributed by atoms with Gasteiger partial charge in [0.2, 0.25) is 5.60 Å². The molecule has 11 nitrogen and oxygen atoms in total. The van der Waals surface area contributed by atoms with Gasteiger partial charge in [-0.05, 0) is 38.1 Å². The van der Waals surface area contributed by atoms with Crippen molar-refractivity contribution in [3.8, 4) is 12.3 Å². The summed E-state index contributed by atoms with van der Waals surface area (Å²) in [5.41, 5.74) is 0.0819. The molecule has 5 rings (SSSR count). The van der Waals surface area contributed by atoms with E-state index < -0.39 is 48.6 Å². The third-order valence-corrected chi connectivity index (χ3v) is 7.38. The van der Waals surface area contributed by atoms with E-state index in [0.717, 1.165) is 17.5 Å². The van der Waals surface area contributed by atoms with Crippen LogP contribution in [0.15, 0.2) is 61.1 Å². The Morgan fingerprint density at radius 1 is 1.02 bits per heavy atom. The van der Waals surface area contributed by atoms with Gasteiger partial charge in [0.25, 0.3) is 0 Å². The number of esters is 3. The Morgan fingerprint density at radius 2 is 1.63 bits per heavy atom. The van der Waals surface area contributed by atoms with Gasteiger partial charge in [-0.25, -0.2) is 24.4 Å². The highest BCUT2D eigenvalue weighted by molar-refractivity contribution is 6.35. The lowest BCUT2D eigenvalue weighted by Crippen LogP contribution is -2.48. The van der Waals surface area contributed by atoms with Gasteiger partial charge in [0.1, 0.15) is 29.8 Å². The lowest BCUT2D eigenvalue weighted by atomic mass is 9.94. The van der Waals surface area contributed by atoms with Crippen LogP contribution in [-0.2, 0) is 18.9 Å². The highest BCUT2D eigenvalue weighted by Gasteiger charge is 2.59. The normalized spacial score (nSPS) is 21.3. The van der Waals surface area contributed by atoms with Crippen molar-refractivity contribution in [2.24, 2.45) is 0 Å². The molecule has 0 saturated carbocycles. The maximum absolute atomic E-state index is 13.2. The zero-order valence-corrected chi connectivity index (χ0v) is 24.1. The monoisotopic (exact) mass is 603 g/mol. The molecule has 0 radical (unpaired) electrons. The van der Waals surface area contributed by atoms with E-state index >= 15 is 0 Å². The molecule has 4 aromatic rings. The summed E-state index contributed by atoms with van der Waals surface area (Å²) in [4.78, 5) is 46.8. The van der Waals surface area contributed by atoms with E-state index in [1.54, 1.807) is 48.5 Å². The minimum Gasteiger partial charge on any atom is -0.465 e. The lowest BCUT2D eigenvalue weighted by Gasteiger charge is -2.29. The van der Waals surface area contributed by atoms with Crippen LogP contribution in [0.1, 0.15) is 48.4 Å². The molecule has 2 aromatic heterocycles. The van der Waals surface area contributed by atoms with Crippen molar-refractivity contribution >= 4 is 40.5 Å². The number of carbonyl (C=O) groups is 3. The van der Waals surface area contributed by atoms with Crippen LogP contribution in [0.5, 0.6) is 0 Å². The van der Waals surface area contributed by atoms with Crippen LogP contribution in [0.3, 0.4) is 0 Å². The van der Waals surface area contributed by atoms with Crippen LogP contribution in [0.2, 0.25) is 5.15 Å². The summed E-state index contributed by atoms with van der Waals surface area (Å²) in [5, 5.41) is 12.0. The topological polar surface area (TPSA) is 139 Å².